The maximum Gasteiger partial charge on any atom is 0.242 e. The number of carbonyl (C=O) groups excluding carboxylic acids is 2. The molecule has 0 aliphatic rings. The van der Waals surface area contributed by atoms with E-state index in [1.807, 2.05) is 42.0 Å². The zero-order valence-corrected chi connectivity index (χ0v) is 13.6. The van der Waals surface area contributed by atoms with Crippen molar-refractivity contribution in [2.45, 2.75) is 19.9 Å². The molecule has 118 valence electrons. The van der Waals surface area contributed by atoms with Crippen molar-refractivity contribution in [1.29, 1.82) is 0 Å². The number of benzene rings is 1. The molecule has 0 saturated heterocycles. The number of amides is 2. The Balaban J connectivity index is 2.01. The molecule has 2 rings (SSSR count). The summed E-state index contributed by atoms with van der Waals surface area (Å²) in [4.78, 5) is 25.3. The van der Waals surface area contributed by atoms with Crippen LogP contribution in [0.1, 0.15) is 13.3 Å². The minimum atomic E-state index is -0.141. The maximum atomic E-state index is 12.2. The van der Waals surface area contributed by atoms with Crippen LogP contribution in [-0.2, 0) is 16.1 Å². The quantitative estimate of drug-likeness (QED) is 0.887. The number of nitrogens with zero attached hydrogens (tertiary/aromatic N) is 2. The third-order valence-corrected chi connectivity index (χ3v) is 3.66. The van der Waals surface area contributed by atoms with Crippen molar-refractivity contribution in [1.82, 2.24) is 14.8 Å². The number of halogens is 1. The van der Waals surface area contributed by atoms with Crippen molar-refractivity contribution in [3.8, 4) is 0 Å². The first kappa shape index (κ1) is 16.4. The summed E-state index contributed by atoms with van der Waals surface area (Å²) in [5, 5.41) is 4.42. The third kappa shape index (κ3) is 4.01. The number of aromatic nitrogens is 1. The lowest BCUT2D eigenvalue weighted by Gasteiger charge is -2.17. The highest BCUT2D eigenvalue weighted by atomic mass is 35.5. The highest BCUT2D eigenvalue weighted by Gasteiger charge is 2.14. The molecule has 0 aliphatic carbocycles. The maximum absolute atomic E-state index is 12.2. The van der Waals surface area contributed by atoms with E-state index in [9.17, 15) is 9.59 Å². The fourth-order valence-electron chi connectivity index (χ4n) is 2.19. The van der Waals surface area contributed by atoms with Crippen LogP contribution in [0, 0.1) is 0 Å². The van der Waals surface area contributed by atoms with E-state index in [1.54, 1.807) is 7.05 Å². The Morgan fingerprint density at radius 3 is 2.82 bits per heavy atom. The summed E-state index contributed by atoms with van der Waals surface area (Å²) in [6.45, 7) is 2.86. The molecule has 0 fully saturated rings. The van der Waals surface area contributed by atoms with Crippen LogP contribution in [0.2, 0.25) is 5.02 Å². The van der Waals surface area contributed by atoms with Crippen molar-refractivity contribution in [3.05, 3.63) is 35.5 Å². The summed E-state index contributed by atoms with van der Waals surface area (Å²) in [6.07, 6.45) is 2.73. The second-order valence-electron chi connectivity index (χ2n) is 5.25. The molecule has 5 nitrogen and oxygen atoms in total. The van der Waals surface area contributed by atoms with Crippen LogP contribution in [0.4, 0.5) is 0 Å². The Morgan fingerprint density at radius 1 is 1.32 bits per heavy atom. The molecule has 1 N–H and O–H groups in total. The number of fused-ring (bicyclic) bond motifs is 1. The van der Waals surface area contributed by atoms with Crippen LogP contribution in [-0.4, -0.2) is 41.4 Å². The van der Waals surface area contributed by atoms with Gasteiger partial charge in [-0.3, -0.25) is 9.59 Å². The first-order valence-electron chi connectivity index (χ1n) is 7.26. The van der Waals surface area contributed by atoms with Gasteiger partial charge in [0.2, 0.25) is 11.8 Å². The number of likely N-dealkylation sites (N-methyl/N-ethyl adjacent to an activating group) is 1. The van der Waals surface area contributed by atoms with Gasteiger partial charge in [-0.2, -0.15) is 0 Å². The lowest BCUT2D eigenvalue weighted by molar-refractivity contribution is -0.135. The molecule has 0 saturated carbocycles. The molecule has 22 heavy (non-hydrogen) atoms. The molecule has 0 unspecified atom stereocenters. The van der Waals surface area contributed by atoms with Crippen molar-refractivity contribution in [2.24, 2.45) is 0 Å². The van der Waals surface area contributed by atoms with Gasteiger partial charge in [0.05, 0.1) is 6.54 Å². The van der Waals surface area contributed by atoms with E-state index < -0.39 is 0 Å². The number of hydrogen-bond donors (Lipinski definition) is 1. The Labute approximate surface area is 134 Å². The molecule has 1 heterocycles. The summed E-state index contributed by atoms with van der Waals surface area (Å²) in [7, 11) is 1.63. The Kier molecular flexibility index (Phi) is 5.44. The first-order chi connectivity index (χ1) is 10.5. The van der Waals surface area contributed by atoms with Gasteiger partial charge in [-0.1, -0.05) is 24.6 Å². The minimum absolute atomic E-state index is 0.0682. The molecule has 0 radical (unpaired) electrons. The van der Waals surface area contributed by atoms with E-state index in [2.05, 4.69) is 5.32 Å². The minimum Gasteiger partial charge on any atom is -0.355 e. The number of hydrogen-bond acceptors (Lipinski definition) is 2. The smallest absolute Gasteiger partial charge is 0.242 e. The molecule has 0 bridgehead atoms. The predicted molar refractivity (Wildman–Crippen MR) is 87.9 cm³/mol. The normalized spacial score (nSPS) is 10.7. The monoisotopic (exact) mass is 321 g/mol. The van der Waals surface area contributed by atoms with Crippen molar-refractivity contribution >= 4 is 34.3 Å². The summed E-state index contributed by atoms with van der Waals surface area (Å²) in [6, 6.07) is 7.51. The van der Waals surface area contributed by atoms with Crippen molar-refractivity contribution in [2.75, 3.05) is 20.1 Å². The highest BCUT2D eigenvalue weighted by molar-refractivity contribution is 6.31. The van der Waals surface area contributed by atoms with E-state index in [-0.39, 0.29) is 24.9 Å². The molecule has 1 aromatic carbocycles. The van der Waals surface area contributed by atoms with E-state index >= 15 is 0 Å². The lowest BCUT2D eigenvalue weighted by Crippen LogP contribution is -2.39. The van der Waals surface area contributed by atoms with Crippen molar-refractivity contribution < 1.29 is 9.59 Å². The van der Waals surface area contributed by atoms with Crippen LogP contribution in [0.25, 0.3) is 10.9 Å². The van der Waals surface area contributed by atoms with Gasteiger partial charge in [-0.15, -0.1) is 0 Å². The molecule has 6 heteroatoms. The van der Waals surface area contributed by atoms with Gasteiger partial charge in [0.1, 0.15) is 6.54 Å². The van der Waals surface area contributed by atoms with Gasteiger partial charge >= 0.3 is 0 Å². The molecule has 2 amide bonds. The number of carbonyl (C=O) groups is 2. The standard InChI is InChI=1S/C16H20ClN3O2/c1-3-7-18-15(21)10-19(2)16(22)11-20-8-6-12-4-5-13(17)9-14(12)20/h4-6,8-9H,3,7,10-11H2,1-2H3,(H,18,21). The summed E-state index contributed by atoms with van der Waals surface area (Å²) in [5.41, 5.74) is 0.907. The Hall–Kier alpha value is -2.01. The molecule has 1 aromatic heterocycles. The van der Waals surface area contributed by atoms with E-state index in [0.29, 0.717) is 11.6 Å². The lowest BCUT2D eigenvalue weighted by atomic mass is 10.2. The van der Waals surface area contributed by atoms with E-state index in [4.69, 9.17) is 11.6 Å². The topological polar surface area (TPSA) is 54.3 Å². The van der Waals surface area contributed by atoms with Gasteiger partial charge < -0.3 is 14.8 Å². The fraction of sp³-hybridized carbons (Fsp3) is 0.375. The average Bonchev–Trinajstić information content (AvgIpc) is 2.87. The predicted octanol–water partition coefficient (Wildman–Crippen LogP) is 2.28. The Morgan fingerprint density at radius 2 is 2.09 bits per heavy atom. The van der Waals surface area contributed by atoms with Crippen LogP contribution < -0.4 is 5.32 Å². The van der Waals surface area contributed by atoms with Gasteiger partial charge in [-0.25, -0.2) is 0 Å². The van der Waals surface area contributed by atoms with Gasteiger partial charge in [0.25, 0.3) is 0 Å². The SMILES string of the molecule is CCCNC(=O)CN(C)C(=O)Cn1ccc2ccc(Cl)cc21. The fourth-order valence-corrected chi connectivity index (χ4v) is 2.35. The molecular formula is C16H20ClN3O2. The van der Waals surface area contributed by atoms with E-state index in [0.717, 1.165) is 17.3 Å². The third-order valence-electron chi connectivity index (χ3n) is 3.42. The van der Waals surface area contributed by atoms with Crippen LogP contribution in [0.5, 0.6) is 0 Å². The zero-order valence-electron chi connectivity index (χ0n) is 12.8. The first-order valence-corrected chi connectivity index (χ1v) is 7.64. The summed E-state index contributed by atoms with van der Waals surface area (Å²) >= 11 is 6.00. The molecule has 0 atom stereocenters. The van der Waals surface area contributed by atoms with E-state index in [1.165, 1.54) is 4.90 Å². The van der Waals surface area contributed by atoms with Crippen LogP contribution >= 0.6 is 11.6 Å². The molecule has 2 aromatic rings. The second kappa shape index (κ2) is 7.31. The Bertz CT molecular complexity index is 681. The van der Waals surface area contributed by atoms with Crippen LogP contribution in [0.3, 0.4) is 0 Å². The van der Waals surface area contributed by atoms with Gasteiger partial charge in [0.15, 0.2) is 0 Å². The summed E-state index contributed by atoms with van der Waals surface area (Å²) in [5.74, 6) is -0.262. The molecular weight excluding hydrogens is 302 g/mol. The van der Waals surface area contributed by atoms with Crippen LogP contribution in [0.15, 0.2) is 30.5 Å². The number of nitrogens with one attached hydrogen (secondary N) is 1. The largest absolute Gasteiger partial charge is 0.355 e. The second-order valence-corrected chi connectivity index (χ2v) is 5.68. The zero-order chi connectivity index (χ0) is 16.1. The molecule has 0 aliphatic heterocycles. The molecule has 0 spiro atoms. The number of rotatable bonds is 6. The van der Waals surface area contributed by atoms with Gasteiger partial charge in [0, 0.05) is 30.3 Å². The average molecular weight is 322 g/mol. The summed E-state index contributed by atoms with van der Waals surface area (Å²) < 4.78 is 1.84. The highest BCUT2D eigenvalue weighted by Crippen LogP contribution is 2.20. The van der Waals surface area contributed by atoms with Crippen molar-refractivity contribution in [3.63, 3.8) is 0 Å². The van der Waals surface area contributed by atoms with Gasteiger partial charge in [-0.05, 0) is 30.0 Å².